The van der Waals surface area contributed by atoms with Crippen LogP contribution in [0.5, 0.6) is 0 Å². The van der Waals surface area contributed by atoms with Crippen molar-refractivity contribution in [3.63, 3.8) is 0 Å². The Kier molecular flexibility index (Phi) is 3.72. The maximum Gasteiger partial charge on any atom is 0.126 e. The van der Waals surface area contributed by atoms with Gasteiger partial charge < -0.3 is 5.73 Å². The van der Waals surface area contributed by atoms with Gasteiger partial charge in [-0.2, -0.15) is 0 Å². The smallest absolute Gasteiger partial charge is 0.126 e. The van der Waals surface area contributed by atoms with Gasteiger partial charge in [-0.05, 0) is 12.1 Å². The summed E-state index contributed by atoms with van der Waals surface area (Å²) in [4.78, 5) is 0. The summed E-state index contributed by atoms with van der Waals surface area (Å²) in [6.07, 6.45) is 3.37. The molecule has 0 heterocycles. The Balaban J connectivity index is 3.13. The number of hydrogen-bond donors (Lipinski definition) is 1. The topological polar surface area (TPSA) is 26.0 Å². The third kappa shape index (κ3) is 2.69. The molecule has 1 rings (SSSR count). The fourth-order valence-corrected chi connectivity index (χ4v) is 1.48. The molecular weight excluding hydrogens is 212 g/mol. The maximum absolute atomic E-state index is 12.7. The van der Waals surface area contributed by atoms with Crippen molar-refractivity contribution >= 4 is 29.3 Å². The molecule has 0 saturated heterocycles. The van der Waals surface area contributed by atoms with Gasteiger partial charge in [0.05, 0.1) is 10.0 Å². The van der Waals surface area contributed by atoms with Crippen molar-refractivity contribution in [1.82, 2.24) is 0 Å². The van der Waals surface area contributed by atoms with Crippen LogP contribution in [0.15, 0.2) is 18.2 Å². The van der Waals surface area contributed by atoms with Crippen molar-refractivity contribution in [2.24, 2.45) is 5.73 Å². The van der Waals surface area contributed by atoms with Gasteiger partial charge in [-0.15, -0.1) is 0 Å². The van der Waals surface area contributed by atoms with Crippen molar-refractivity contribution in [2.75, 3.05) is 6.54 Å². The molecule has 1 aromatic carbocycles. The quantitative estimate of drug-likeness (QED) is 0.814. The minimum Gasteiger partial charge on any atom is -0.327 e. The fraction of sp³-hybridized carbons (Fsp3) is 0.111. The monoisotopic (exact) mass is 219 g/mol. The van der Waals surface area contributed by atoms with E-state index in [4.69, 9.17) is 28.9 Å². The van der Waals surface area contributed by atoms with E-state index in [1.165, 1.54) is 12.1 Å². The average Bonchev–Trinajstić information content (AvgIpc) is 2.02. The summed E-state index contributed by atoms with van der Waals surface area (Å²) in [5.41, 5.74) is 5.85. The van der Waals surface area contributed by atoms with Crippen LogP contribution in [0.25, 0.3) is 6.08 Å². The number of nitrogens with two attached hydrogens (primary N) is 1. The normalized spacial score (nSPS) is 11.1. The van der Waals surface area contributed by atoms with E-state index < -0.39 is 5.82 Å². The van der Waals surface area contributed by atoms with E-state index in [0.717, 1.165) is 0 Å². The lowest BCUT2D eigenvalue weighted by Crippen LogP contribution is -1.92. The SMILES string of the molecule is NCC=Cc1c(Cl)cc(F)cc1Cl. The molecule has 0 aliphatic rings. The Morgan fingerprint density at radius 3 is 2.31 bits per heavy atom. The predicted molar refractivity (Wildman–Crippen MR) is 54.5 cm³/mol. The van der Waals surface area contributed by atoms with Gasteiger partial charge >= 0.3 is 0 Å². The minimum absolute atomic E-state index is 0.287. The van der Waals surface area contributed by atoms with Gasteiger partial charge in [-0.1, -0.05) is 35.4 Å². The van der Waals surface area contributed by atoms with Crippen molar-refractivity contribution < 1.29 is 4.39 Å². The van der Waals surface area contributed by atoms with E-state index in [-0.39, 0.29) is 10.0 Å². The minimum atomic E-state index is -0.445. The lowest BCUT2D eigenvalue weighted by molar-refractivity contribution is 0.628. The first-order valence-electron chi connectivity index (χ1n) is 3.66. The molecule has 0 aromatic heterocycles. The van der Waals surface area contributed by atoms with Gasteiger partial charge in [-0.25, -0.2) is 4.39 Å². The van der Waals surface area contributed by atoms with Crippen LogP contribution in [0, 0.1) is 5.82 Å². The number of rotatable bonds is 2. The fourth-order valence-electron chi connectivity index (χ4n) is 0.898. The molecule has 0 radical (unpaired) electrons. The van der Waals surface area contributed by atoms with Crippen molar-refractivity contribution in [1.29, 1.82) is 0 Å². The van der Waals surface area contributed by atoms with Crippen LogP contribution in [0.2, 0.25) is 10.0 Å². The van der Waals surface area contributed by atoms with Crippen molar-refractivity contribution in [3.05, 3.63) is 39.6 Å². The van der Waals surface area contributed by atoms with Crippen molar-refractivity contribution in [3.8, 4) is 0 Å². The number of hydrogen-bond acceptors (Lipinski definition) is 1. The summed E-state index contributed by atoms with van der Waals surface area (Å²) in [7, 11) is 0. The largest absolute Gasteiger partial charge is 0.327 e. The van der Waals surface area contributed by atoms with Gasteiger partial charge in [0.1, 0.15) is 5.82 Å². The van der Waals surface area contributed by atoms with E-state index in [2.05, 4.69) is 0 Å². The predicted octanol–water partition coefficient (Wildman–Crippen LogP) is 3.10. The zero-order valence-corrected chi connectivity index (χ0v) is 8.24. The van der Waals surface area contributed by atoms with Gasteiger partial charge in [0.25, 0.3) is 0 Å². The second kappa shape index (κ2) is 4.61. The molecule has 0 amide bonds. The standard InChI is InChI=1S/C9H8Cl2FN/c10-8-4-6(12)5-9(11)7(8)2-1-3-13/h1-2,4-5H,3,13H2. The van der Waals surface area contributed by atoms with E-state index in [9.17, 15) is 4.39 Å². The van der Waals surface area contributed by atoms with Crippen LogP contribution in [-0.2, 0) is 0 Å². The summed E-state index contributed by atoms with van der Waals surface area (Å²) < 4.78 is 12.7. The molecule has 2 N–H and O–H groups in total. The molecule has 13 heavy (non-hydrogen) atoms. The molecule has 0 unspecified atom stereocenters. The molecule has 70 valence electrons. The van der Waals surface area contributed by atoms with Crippen LogP contribution in [-0.4, -0.2) is 6.54 Å². The Morgan fingerprint density at radius 1 is 1.31 bits per heavy atom. The molecule has 0 atom stereocenters. The third-order valence-corrected chi connectivity index (χ3v) is 2.09. The molecule has 0 fully saturated rings. The molecule has 0 aliphatic heterocycles. The molecule has 0 bridgehead atoms. The molecule has 0 saturated carbocycles. The van der Waals surface area contributed by atoms with Crippen LogP contribution in [0.1, 0.15) is 5.56 Å². The average molecular weight is 220 g/mol. The summed E-state index contributed by atoms with van der Waals surface area (Å²) in [5.74, 6) is -0.445. The molecule has 1 nitrogen and oxygen atoms in total. The zero-order valence-electron chi connectivity index (χ0n) is 6.73. The van der Waals surface area contributed by atoms with Crippen LogP contribution < -0.4 is 5.73 Å². The summed E-state index contributed by atoms with van der Waals surface area (Å²) in [6.45, 7) is 0.393. The maximum atomic E-state index is 12.7. The molecular formula is C9H8Cl2FN. The third-order valence-electron chi connectivity index (χ3n) is 1.46. The zero-order chi connectivity index (χ0) is 9.84. The van der Waals surface area contributed by atoms with E-state index in [0.29, 0.717) is 12.1 Å². The Bertz CT molecular complexity index is 313. The Hall–Kier alpha value is -0.570. The van der Waals surface area contributed by atoms with E-state index in [1.807, 2.05) is 0 Å². The lowest BCUT2D eigenvalue weighted by Gasteiger charge is -2.01. The van der Waals surface area contributed by atoms with E-state index in [1.54, 1.807) is 12.2 Å². The highest BCUT2D eigenvalue weighted by Gasteiger charge is 2.04. The van der Waals surface area contributed by atoms with Crippen LogP contribution >= 0.6 is 23.2 Å². The number of halogens is 3. The Labute approximate surface area is 85.9 Å². The number of benzene rings is 1. The first-order valence-corrected chi connectivity index (χ1v) is 4.42. The highest BCUT2D eigenvalue weighted by atomic mass is 35.5. The lowest BCUT2D eigenvalue weighted by atomic mass is 10.2. The van der Waals surface area contributed by atoms with Gasteiger partial charge in [0, 0.05) is 12.1 Å². The van der Waals surface area contributed by atoms with Gasteiger partial charge in [0.15, 0.2) is 0 Å². The molecule has 4 heteroatoms. The Morgan fingerprint density at radius 2 is 1.85 bits per heavy atom. The molecule has 0 spiro atoms. The van der Waals surface area contributed by atoms with Gasteiger partial charge in [-0.3, -0.25) is 0 Å². The van der Waals surface area contributed by atoms with Crippen LogP contribution in [0.3, 0.4) is 0 Å². The summed E-state index contributed by atoms with van der Waals surface area (Å²) in [5, 5.41) is 0.574. The van der Waals surface area contributed by atoms with Crippen LogP contribution in [0.4, 0.5) is 4.39 Å². The second-order valence-corrected chi connectivity index (χ2v) is 3.24. The second-order valence-electron chi connectivity index (χ2n) is 2.42. The summed E-state index contributed by atoms with van der Waals surface area (Å²) in [6, 6.07) is 2.42. The van der Waals surface area contributed by atoms with E-state index >= 15 is 0 Å². The van der Waals surface area contributed by atoms with Gasteiger partial charge in [0.2, 0.25) is 0 Å². The first kappa shape index (κ1) is 10.5. The molecule has 1 aromatic rings. The highest BCUT2D eigenvalue weighted by Crippen LogP contribution is 2.26. The highest BCUT2D eigenvalue weighted by molar-refractivity contribution is 6.37. The van der Waals surface area contributed by atoms with Crippen molar-refractivity contribution in [2.45, 2.75) is 0 Å². The summed E-state index contributed by atoms with van der Waals surface area (Å²) >= 11 is 11.5. The first-order chi connectivity index (χ1) is 6.15. The molecule has 0 aliphatic carbocycles.